The highest BCUT2D eigenvalue weighted by atomic mass is 16.5. The Balaban J connectivity index is 1.65. The SMILES string of the molecule is COc1cccc(C=NCCCCN=Cc2cccc(OC)c2)c1. The number of benzene rings is 2. The van der Waals surface area contributed by atoms with Gasteiger partial charge < -0.3 is 9.47 Å². The second-order valence-electron chi connectivity index (χ2n) is 5.33. The molecule has 4 heteroatoms. The minimum absolute atomic E-state index is 0.811. The second-order valence-corrected chi connectivity index (χ2v) is 5.33. The van der Waals surface area contributed by atoms with E-state index >= 15 is 0 Å². The minimum atomic E-state index is 0.811. The molecule has 126 valence electrons. The molecule has 0 bridgehead atoms. The van der Waals surface area contributed by atoms with Crippen LogP contribution in [0.25, 0.3) is 0 Å². The standard InChI is InChI=1S/C20H24N2O2/c1-23-19-9-5-7-17(13-19)15-21-11-3-4-12-22-16-18-8-6-10-20(14-18)24-2/h5-10,13-16H,3-4,11-12H2,1-2H3. The van der Waals surface area contributed by atoms with Crippen LogP contribution >= 0.6 is 0 Å². The number of ether oxygens (including phenoxy) is 2. The zero-order valence-corrected chi connectivity index (χ0v) is 14.3. The average molecular weight is 324 g/mol. The van der Waals surface area contributed by atoms with Crippen molar-refractivity contribution < 1.29 is 9.47 Å². The summed E-state index contributed by atoms with van der Waals surface area (Å²) in [5, 5.41) is 0. The highest BCUT2D eigenvalue weighted by Gasteiger charge is 1.93. The third kappa shape index (κ3) is 6.24. The van der Waals surface area contributed by atoms with Crippen molar-refractivity contribution in [1.29, 1.82) is 0 Å². The van der Waals surface area contributed by atoms with Crippen molar-refractivity contribution in [3.05, 3.63) is 59.7 Å². The lowest BCUT2D eigenvalue weighted by Gasteiger charge is -2.00. The second kappa shape index (κ2) is 10.2. The molecule has 0 N–H and O–H groups in total. The summed E-state index contributed by atoms with van der Waals surface area (Å²) in [6.45, 7) is 1.62. The molecule has 0 aliphatic carbocycles. The van der Waals surface area contributed by atoms with Gasteiger partial charge >= 0.3 is 0 Å². The molecule has 0 fully saturated rings. The van der Waals surface area contributed by atoms with Crippen LogP contribution in [-0.4, -0.2) is 39.7 Å². The van der Waals surface area contributed by atoms with Crippen molar-refractivity contribution in [2.24, 2.45) is 9.98 Å². The van der Waals surface area contributed by atoms with Gasteiger partial charge in [-0.05, 0) is 48.2 Å². The average Bonchev–Trinajstić information content (AvgIpc) is 2.64. The van der Waals surface area contributed by atoms with Crippen LogP contribution in [0.5, 0.6) is 11.5 Å². The minimum Gasteiger partial charge on any atom is -0.497 e. The molecule has 0 radical (unpaired) electrons. The Morgan fingerprint density at radius 2 is 1.21 bits per heavy atom. The topological polar surface area (TPSA) is 43.2 Å². The highest BCUT2D eigenvalue weighted by Crippen LogP contribution is 2.11. The molecule has 0 aliphatic heterocycles. The van der Waals surface area contributed by atoms with Crippen molar-refractivity contribution in [3.63, 3.8) is 0 Å². The van der Waals surface area contributed by atoms with Gasteiger partial charge in [0.05, 0.1) is 14.2 Å². The summed E-state index contributed by atoms with van der Waals surface area (Å²) in [4.78, 5) is 8.89. The molecular formula is C20H24N2O2. The summed E-state index contributed by atoms with van der Waals surface area (Å²) < 4.78 is 10.4. The number of aliphatic imine (C=N–C) groups is 2. The molecule has 0 atom stereocenters. The van der Waals surface area contributed by atoms with E-state index in [9.17, 15) is 0 Å². The Hall–Kier alpha value is -2.62. The number of rotatable bonds is 9. The largest absolute Gasteiger partial charge is 0.497 e. The number of methoxy groups -OCH3 is 2. The van der Waals surface area contributed by atoms with Crippen LogP contribution in [0.4, 0.5) is 0 Å². The Morgan fingerprint density at radius 1 is 0.750 bits per heavy atom. The number of nitrogens with zero attached hydrogens (tertiary/aromatic N) is 2. The maximum Gasteiger partial charge on any atom is 0.119 e. The fraction of sp³-hybridized carbons (Fsp3) is 0.300. The van der Waals surface area contributed by atoms with Gasteiger partial charge in [0.25, 0.3) is 0 Å². The van der Waals surface area contributed by atoms with Gasteiger partial charge in [0, 0.05) is 25.5 Å². The van der Waals surface area contributed by atoms with E-state index in [0.717, 1.165) is 48.6 Å². The normalized spacial score (nSPS) is 11.2. The first-order valence-corrected chi connectivity index (χ1v) is 8.09. The van der Waals surface area contributed by atoms with Crippen LogP contribution in [0.1, 0.15) is 24.0 Å². The van der Waals surface area contributed by atoms with Gasteiger partial charge in [0.1, 0.15) is 11.5 Å². The monoisotopic (exact) mass is 324 g/mol. The van der Waals surface area contributed by atoms with Crippen LogP contribution in [0.15, 0.2) is 58.5 Å². The van der Waals surface area contributed by atoms with Gasteiger partial charge in [-0.2, -0.15) is 0 Å². The third-order valence-electron chi connectivity index (χ3n) is 3.49. The van der Waals surface area contributed by atoms with Crippen molar-refractivity contribution in [2.45, 2.75) is 12.8 Å². The molecule has 2 aromatic rings. The summed E-state index contributed by atoms with van der Waals surface area (Å²) in [5.41, 5.74) is 2.12. The molecule has 0 saturated heterocycles. The van der Waals surface area contributed by atoms with E-state index in [4.69, 9.17) is 9.47 Å². The van der Waals surface area contributed by atoms with Gasteiger partial charge in [0.15, 0.2) is 0 Å². The molecule has 0 spiro atoms. The van der Waals surface area contributed by atoms with Gasteiger partial charge in [-0.3, -0.25) is 9.98 Å². The summed E-state index contributed by atoms with van der Waals surface area (Å²) in [6.07, 6.45) is 5.83. The van der Waals surface area contributed by atoms with Crippen LogP contribution in [0.3, 0.4) is 0 Å². The number of hydrogen-bond acceptors (Lipinski definition) is 4. The lowest BCUT2D eigenvalue weighted by molar-refractivity contribution is 0.414. The van der Waals surface area contributed by atoms with E-state index in [1.54, 1.807) is 14.2 Å². The molecule has 0 amide bonds. The Bertz CT molecular complexity index is 621. The first-order chi connectivity index (χ1) is 11.8. The quantitative estimate of drug-likeness (QED) is 0.516. The molecule has 2 rings (SSSR count). The van der Waals surface area contributed by atoms with Crippen LogP contribution in [-0.2, 0) is 0 Å². The molecule has 0 aromatic heterocycles. The molecule has 0 saturated carbocycles. The first-order valence-electron chi connectivity index (χ1n) is 8.09. The van der Waals surface area contributed by atoms with Crippen LogP contribution < -0.4 is 9.47 Å². The van der Waals surface area contributed by atoms with Gasteiger partial charge in [-0.25, -0.2) is 0 Å². The van der Waals surface area contributed by atoms with E-state index in [2.05, 4.69) is 9.98 Å². The predicted octanol–water partition coefficient (Wildman–Crippen LogP) is 4.02. The molecule has 2 aromatic carbocycles. The lowest BCUT2D eigenvalue weighted by atomic mass is 10.2. The molecule has 0 aliphatic rings. The lowest BCUT2D eigenvalue weighted by Crippen LogP contribution is -1.90. The van der Waals surface area contributed by atoms with Gasteiger partial charge in [0.2, 0.25) is 0 Å². The van der Waals surface area contributed by atoms with E-state index in [1.807, 2.05) is 61.0 Å². The Kier molecular flexibility index (Phi) is 7.54. The number of hydrogen-bond donors (Lipinski definition) is 0. The van der Waals surface area contributed by atoms with Crippen LogP contribution in [0, 0.1) is 0 Å². The van der Waals surface area contributed by atoms with Gasteiger partial charge in [-0.15, -0.1) is 0 Å². The van der Waals surface area contributed by atoms with Crippen LogP contribution in [0.2, 0.25) is 0 Å². The summed E-state index contributed by atoms with van der Waals surface area (Å²) in [6, 6.07) is 15.8. The van der Waals surface area contributed by atoms with E-state index in [0.29, 0.717) is 0 Å². The predicted molar refractivity (Wildman–Crippen MR) is 100 cm³/mol. The smallest absolute Gasteiger partial charge is 0.119 e. The van der Waals surface area contributed by atoms with Crippen molar-refractivity contribution in [1.82, 2.24) is 0 Å². The molecule has 4 nitrogen and oxygen atoms in total. The van der Waals surface area contributed by atoms with E-state index in [1.165, 1.54) is 0 Å². The zero-order valence-electron chi connectivity index (χ0n) is 14.3. The zero-order chi connectivity index (χ0) is 17.0. The molecule has 0 heterocycles. The first kappa shape index (κ1) is 17.7. The summed E-state index contributed by atoms with van der Waals surface area (Å²) >= 11 is 0. The highest BCUT2D eigenvalue weighted by molar-refractivity contribution is 5.80. The fourth-order valence-electron chi connectivity index (χ4n) is 2.19. The Morgan fingerprint density at radius 3 is 1.62 bits per heavy atom. The third-order valence-corrected chi connectivity index (χ3v) is 3.49. The molecule has 24 heavy (non-hydrogen) atoms. The molecular weight excluding hydrogens is 300 g/mol. The van der Waals surface area contributed by atoms with E-state index < -0.39 is 0 Å². The maximum absolute atomic E-state index is 5.19. The summed E-state index contributed by atoms with van der Waals surface area (Å²) in [5.74, 6) is 1.71. The van der Waals surface area contributed by atoms with Gasteiger partial charge in [-0.1, -0.05) is 24.3 Å². The summed E-state index contributed by atoms with van der Waals surface area (Å²) in [7, 11) is 3.34. The number of unbranched alkanes of at least 4 members (excludes halogenated alkanes) is 1. The van der Waals surface area contributed by atoms with Crippen molar-refractivity contribution >= 4 is 12.4 Å². The molecule has 0 unspecified atom stereocenters. The van der Waals surface area contributed by atoms with E-state index in [-0.39, 0.29) is 0 Å². The Labute approximate surface area is 143 Å². The maximum atomic E-state index is 5.19. The van der Waals surface area contributed by atoms with Crippen molar-refractivity contribution in [3.8, 4) is 11.5 Å². The van der Waals surface area contributed by atoms with Crippen molar-refractivity contribution in [2.75, 3.05) is 27.3 Å². The fourth-order valence-corrected chi connectivity index (χ4v) is 2.19.